The summed E-state index contributed by atoms with van der Waals surface area (Å²) in [6, 6.07) is 12.7. The summed E-state index contributed by atoms with van der Waals surface area (Å²) in [6.45, 7) is 1.75. The molecule has 0 amide bonds. The van der Waals surface area contributed by atoms with Gasteiger partial charge in [0.1, 0.15) is 6.33 Å². The maximum absolute atomic E-state index is 12.5. The predicted octanol–water partition coefficient (Wildman–Crippen LogP) is 1.64. The summed E-state index contributed by atoms with van der Waals surface area (Å²) in [5, 5.41) is 10.6. The quantitative estimate of drug-likeness (QED) is 0.771. The molecule has 0 fully saturated rings. The van der Waals surface area contributed by atoms with Gasteiger partial charge in [0.15, 0.2) is 0 Å². The van der Waals surface area contributed by atoms with Crippen LogP contribution in [0.4, 0.5) is 5.95 Å². The molecule has 1 aliphatic rings. The summed E-state index contributed by atoms with van der Waals surface area (Å²) in [5.74, 6) is 0.576. The van der Waals surface area contributed by atoms with Gasteiger partial charge in [-0.15, -0.1) is 0 Å². The monoisotopic (exact) mass is 349 g/mol. The van der Waals surface area contributed by atoms with E-state index in [2.05, 4.69) is 15.0 Å². The van der Waals surface area contributed by atoms with E-state index in [0.29, 0.717) is 30.4 Å². The summed E-state index contributed by atoms with van der Waals surface area (Å²) in [6.07, 6.45) is 3.24. The van der Waals surface area contributed by atoms with Crippen LogP contribution in [0.25, 0.3) is 11.4 Å². The zero-order valence-corrected chi connectivity index (χ0v) is 14.2. The van der Waals surface area contributed by atoms with Crippen LogP contribution in [0.1, 0.15) is 18.1 Å². The van der Waals surface area contributed by atoms with Gasteiger partial charge in [0.25, 0.3) is 5.56 Å². The van der Waals surface area contributed by atoms with Crippen LogP contribution in [0.15, 0.2) is 59.8 Å². The van der Waals surface area contributed by atoms with Crippen molar-refractivity contribution in [1.29, 1.82) is 0 Å². The average Bonchev–Trinajstić information content (AvgIpc) is 2.70. The van der Waals surface area contributed by atoms with Crippen molar-refractivity contribution in [1.82, 2.24) is 19.5 Å². The number of β-amino-alcohol motifs (C(OH)–C–C–N with tert-alkyl or cyclic N) is 1. The second-order valence-electron chi connectivity index (χ2n) is 6.25. The van der Waals surface area contributed by atoms with Gasteiger partial charge in [0.05, 0.1) is 24.0 Å². The molecule has 1 N–H and O–H groups in total. The second-order valence-corrected chi connectivity index (χ2v) is 6.25. The first-order chi connectivity index (χ1) is 12.7. The van der Waals surface area contributed by atoms with E-state index < -0.39 is 6.10 Å². The van der Waals surface area contributed by atoms with Gasteiger partial charge >= 0.3 is 0 Å². The van der Waals surface area contributed by atoms with Crippen molar-refractivity contribution in [3.63, 3.8) is 0 Å². The SMILES string of the molecule is O=c1cc(-c2ccncn2)nc2n1CCCN2CC(O)c1ccccc1. The molecule has 7 heteroatoms. The molecule has 0 saturated carbocycles. The van der Waals surface area contributed by atoms with Gasteiger partial charge in [-0.1, -0.05) is 30.3 Å². The molecule has 1 aromatic carbocycles. The fraction of sp³-hybridized carbons (Fsp3) is 0.263. The van der Waals surface area contributed by atoms with E-state index in [1.807, 2.05) is 35.2 Å². The van der Waals surface area contributed by atoms with Gasteiger partial charge in [-0.25, -0.2) is 15.0 Å². The Bertz CT molecular complexity index is 943. The molecular formula is C19H19N5O2. The number of aromatic nitrogens is 4. The Kier molecular flexibility index (Phi) is 4.45. The van der Waals surface area contributed by atoms with Crippen molar-refractivity contribution in [2.45, 2.75) is 19.1 Å². The molecule has 0 aliphatic carbocycles. The van der Waals surface area contributed by atoms with Crippen molar-refractivity contribution >= 4 is 5.95 Å². The van der Waals surface area contributed by atoms with Crippen LogP contribution in [-0.2, 0) is 6.54 Å². The molecule has 0 bridgehead atoms. The highest BCUT2D eigenvalue weighted by atomic mass is 16.3. The van der Waals surface area contributed by atoms with Crippen molar-refractivity contribution in [3.8, 4) is 11.4 Å². The molecule has 0 spiro atoms. The van der Waals surface area contributed by atoms with Gasteiger partial charge in [-0.05, 0) is 18.1 Å². The molecule has 26 heavy (non-hydrogen) atoms. The minimum absolute atomic E-state index is 0.109. The highest BCUT2D eigenvalue weighted by Crippen LogP contribution is 2.23. The highest BCUT2D eigenvalue weighted by molar-refractivity contribution is 5.55. The summed E-state index contributed by atoms with van der Waals surface area (Å²) in [4.78, 5) is 27.3. The number of benzene rings is 1. The molecule has 1 aliphatic heterocycles. The van der Waals surface area contributed by atoms with E-state index in [-0.39, 0.29) is 5.56 Å². The first kappa shape index (κ1) is 16.4. The molecule has 1 unspecified atom stereocenters. The maximum atomic E-state index is 12.5. The molecule has 132 valence electrons. The lowest BCUT2D eigenvalue weighted by Crippen LogP contribution is -2.40. The molecule has 1 atom stereocenters. The molecule has 2 aromatic heterocycles. The zero-order chi connectivity index (χ0) is 17.9. The number of hydrogen-bond acceptors (Lipinski definition) is 6. The lowest BCUT2D eigenvalue weighted by atomic mass is 10.1. The Morgan fingerprint density at radius 3 is 2.73 bits per heavy atom. The van der Waals surface area contributed by atoms with Crippen LogP contribution in [-0.4, -0.2) is 37.7 Å². The van der Waals surface area contributed by atoms with Gasteiger partial charge in [0, 0.05) is 25.4 Å². The molecule has 4 rings (SSSR count). The Hall–Kier alpha value is -3.06. The number of hydrogen-bond donors (Lipinski definition) is 1. The minimum Gasteiger partial charge on any atom is -0.387 e. The van der Waals surface area contributed by atoms with Crippen LogP contribution >= 0.6 is 0 Å². The van der Waals surface area contributed by atoms with E-state index in [1.165, 1.54) is 12.4 Å². The number of fused-ring (bicyclic) bond motifs is 1. The number of nitrogens with zero attached hydrogens (tertiary/aromatic N) is 5. The molecule has 0 saturated heterocycles. The first-order valence-corrected chi connectivity index (χ1v) is 8.58. The number of anilines is 1. The first-order valence-electron chi connectivity index (χ1n) is 8.58. The van der Waals surface area contributed by atoms with Crippen molar-refractivity contribution < 1.29 is 5.11 Å². The Balaban J connectivity index is 1.68. The number of aliphatic hydroxyl groups is 1. The highest BCUT2D eigenvalue weighted by Gasteiger charge is 2.23. The summed E-state index contributed by atoms with van der Waals surface area (Å²) >= 11 is 0. The topological polar surface area (TPSA) is 84.1 Å². The minimum atomic E-state index is -0.651. The lowest BCUT2D eigenvalue weighted by Gasteiger charge is -2.32. The Labute approximate surface area is 150 Å². The Morgan fingerprint density at radius 1 is 1.12 bits per heavy atom. The van der Waals surface area contributed by atoms with Crippen LogP contribution in [0.3, 0.4) is 0 Å². The molecule has 0 radical (unpaired) electrons. The van der Waals surface area contributed by atoms with Crippen LogP contribution in [0.5, 0.6) is 0 Å². The zero-order valence-electron chi connectivity index (χ0n) is 14.2. The number of aliphatic hydroxyl groups excluding tert-OH is 1. The molecular weight excluding hydrogens is 330 g/mol. The summed E-state index contributed by atoms with van der Waals surface area (Å²) < 4.78 is 1.66. The molecule has 3 aromatic rings. The van der Waals surface area contributed by atoms with Gasteiger partial charge in [0.2, 0.25) is 5.95 Å². The van der Waals surface area contributed by atoms with E-state index in [9.17, 15) is 9.90 Å². The van der Waals surface area contributed by atoms with Crippen LogP contribution in [0.2, 0.25) is 0 Å². The predicted molar refractivity (Wildman–Crippen MR) is 97.8 cm³/mol. The standard InChI is InChI=1S/C19H19N5O2/c25-17(14-5-2-1-3-6-14)12-23-9-4-10-24-18(26)11-16(22-19(23)24)15-7-8-20-13-21-15/h1-3,5-8,11,13,17,25H,4,9-10,12H2. The molecule has 3 heterocycles. The molecule has 7 nitrogen and oxygen atoms in total. The lowest BCUT2D eigenvalue weighted by molar-refractivity contribution is 0.181. The van der Waals surface area contributed by atoms with Crippen molar-refractivity contribution in [2.75, 3.05) is 18.0 Å². The Morgan fingerprint density at radius 2 is 1.96 bits per heavy atom. The van der Waals surface area contributed by atoms with E-state index in [1.54, 1.807) is 16.8 Å². The normalized spacial score (nSPS) is 14.7. The van der Waals surface area contributed by atoms with Gasteiger partial charge < -0.3 is 10.0 Å². The fourth-order valence-corrected chi connectivity index (χ4v) is 3.20. The summed E-state index contributed by atoms with van der Waals surface area (Å²) in [5.41, 5.74) is 1.86. The summed E-state index contributed by atoms with van der Waals surface area (Å²) in [7, 11) is 0. The van der Waals surface area contributed by atoms with E-state index in [4.69, 9.17) is 0 Å². The maximum Gasteiger partial charge on any atom is 0.255 e. The van der Waals surface area contributed by atoms with Crippen molar-refractivity contribution in [2.24, 2.45) is 0 Å². The van der Waals surface area contributed by atoms with E-state index >= 15 is 0 Å². The smallest absolute Gasteiger partial charge is 0.255 e. The van der Waals surface area contributed by atoms with Crippen LogP contribution < -0.4 is 10.5 Å². The van der Waals surface area contributed by atoms with Crippen molar-refractivity contribution in [3.05, 3.63) is 70.9 Å². The fourth-order valence-electron chi connectivity index (χ4n) is 3.20. The van der Waals surface area contributed by atoms with Gasteiger partial charge in [-0.2, -0.15) is 0 Å². The third-order valence-corrected chi connectivity index (χ3v) is 4.50. The second kappa shape index (κ2) is 7.05. The third-order valence-electron chi connectivity index (χ3n) is 4.50. The third kappa shape index (κ3) is 3.21. The average molecular weight is 349 g/mol. The van der Waals surface area contributed by atoms with E-state index in [0.717, 1.165) is 18.5 Å². The van der Waals surface area contributed by atoms with Crippen LogP contribution in [0, 0.1) is 0 Å². The van der Waals surface area contributed by atoms with Gasteiger partial charge in [-0.3, -0.25) is 9.36 Å². The number of rotatable bonds is 4. The largest absolute Gasteiger partial charge is 0.387 e.